The molecule has 1 aromatic heterocycles. The van der Waals surface area contributed by atoms with E-state index in [4.69, 9.17) is 0 Å². The summed E-state index contributed by atoms with van der Waals surface area (Å²) in [4.78, 5) is 21.9. The Morgan fingerprint density at radius 1 is 1.00 bits per heavy atom. The molecule has 1 unspecified atom stereocenters. The highest BCUT2D eigenvalue weighted by Crippen LogP contribution is 2.33. The highest BCUT2D eigenvalue weighted by molar-refractivity contribution is 6.07. The number of pyridine rings is 1. The SMILES string of the molecule is CC1Cc2ccccc2N1C(=O)c1cc(Nc2ccc(N3CCCC3)cc2)ccn1. The average Bonchev–Trinajstić information content (AvgIpc) is 3.41. The Morgan fingerprint density at radius 3 is 2.57 bits per heavy atom. The number of hydrogen-bond acceptors (Lipinski definition) is 4. The van der Waals surface area contributed by atoms with Gasteiger partial charge in [0.1, 0.15) is 5.69 Å². The standard InChI is InChI=1S/C25H26N4O/c1-18-16-19-6-2-3-7-24(19)29(18)25(30)23-17-21(12-13-26-23)27-20-8-10-22(11-9-20)28-14-4-5-15-28/h2-3,6-13,17-18H,4-5,14-16H2,1H3,(H,26,27). The van der Waals surface area contributed by atoms with Gasteiger partial charge in [-0.25, -0.2) is 0 Å². The molecule has 1 atom stereocenters. The largest absolute Gasteiger partial charge is 0.372 e. The lowest BCUT2D eigenvalue weighted by molar-refractivity contribution is 0.0976. The third-order valence-corrected chi connectivity index (χ3v) is 6.03. The van der Waals surface area contributed by atoms with Crippen LogP contribution in [0.15, 0.2) is 66.9 Å². The van der Waals surface area contributed by atoms with Crippen molar-refractivity contribution in [1.29, 1.82) is 0 Å². The molecule has 0 radical (unpaired) electrons. The minimum Gasteiger partial charge on any atom is -0.372 e. The predicted octanol–water partition coefficient (Wildman–Crippen LogP) is 5.02. The molecule has 2 aliphatic rings. The van der Waals surface area contributed by atoms with Crippen molar-refractivity contribution in [3.05, 3.63) is 78.1 Å². The van der Waals surface area contributed by atoms with Gasteiger partial charge in [-0.1, -0.05) is 18.2 Å². The van der Waals surface area contributed by atoms with Crippen LogP contribution in [0.5, 0.6) is 0 Å². The van der Waals surface area contributed by atoms with Gasteiger partial charge in [-0.05, 0) is 74.2 Å². The van der Waals surface area contributed by atoms with Crippen LogP contribution >= 0.6 is 0 Å². The quantitative estimate of drug-likeness (QED) is 0.671. The van der Waals surface area contributed by atoms with Crippen molar-refractivity contribution in [3.8, 4) is 0 Å². The van der Waals surface area contributed by atoms with Crippen LogP contribution in [0.2, 0.25) is 0 Å². The minimum absolute atomic E-state index is 0.0551. The summed E-state index contributed by atoms with van der Waals surface area (Å²) in [7, 11) is 0. The maximum absolute atomic E-state index is 13.2. The van der Waals surface area contributed by atoms with Crippen molar-refractivity contribution in [1.82, 2.24) is 4.98 Å². The van der Waals surface area contributed by atoms with Crippen LogP contribution in [0.4, 0.5) is 22.7 Å². The second-order valence-corrected chi connectivity index (χ2v) is 8.15. The van der Waals surface area contributed by atoms with Crippen molar-refractivity contribution in [3.63, 3.8) is 0 Å². The minimum atomic E-state index is -0.0551. The number of rotatable bonds is 4. The molecule has 3 aromatic rings. The van der Waals surface area contributed by atoms with Gasteiger partial charge in [0.25, 0.3) is 5.91 Å². The molecule has 5 nitrogen and oxygen atoms in total. The first-order valence-corrected chi connectivity index (χ1v) is 10.7. The van der Waals surface area contributed by atoms with Gasteiger partial charge in [-0.2, -0.15) is 0 Å². The van der Waals surface area contributed by atoms with Crippen LogP contribution in [-0.2, 0) is 6.42 Å². The van der Waals surface area contributed by atoms with Gasteiger partial charge in [-0.15, -0.1) is 0 Å². The van der Waals surface area contributed by atoms with Crippen molar-refractivity contribution >= 4 is 28.7 Å². The Morgan fingerprint density at radius 2 is 1.77 bits per heavy atom. The molecule has 2 aromatic carbocycles. The molecule has 0 saturated carbocycles. The first-order chi connectivity index (χ1) is 14.7. The fourth-order valence-electron chi connectivity index (χ4n) is 4.52. The Kier molecular flexibility index (Phi) is 4.87. The lowest BCUT2D eigenvalue weighted by Gasteiger charge is -2.22. The van der Waals surface area contributed by atoms with Gasteiger partial charge >= 0.3 is 0 Å². The number of fused-ring (bicyclic) bond motifs is 1. The second kappa shape index (κ2) is 7.82. The van der Waals surface area contributed by atoms with E-state index in [2.05, 4.69) is 52.5 Å². The van der Waals surface area contributed by atoms with Crippen molar-refractivity contribution in [2.45, 2.75) is 32.2 Å². The van der Waals surface area contributed by atoms with Gasteiger partial charge in [0.15, 0.2) is 0 Å². The monoisotopic (exact) mass is 398 g/mol. The molecular formula is C25H26N4O. The number of nitrogens with zero attached hydrogens (tertiary/aromatic N) is 3. The van der Waals surface area contributed by atoms with E-state index in [0.29, 0.717) is 5.69 Å². The predicted molar refractivity (Wildman–Crippen MR) is 122 cm³/mol. The summed E-state index contributed by atoms with van der Waals surface area (Å²) in [5.74, 6) is -0.0551. The molecule has 1 saturated heterocycles. The summed E-state index contributed by atoms with van der Waals surface area (Å²) in [6.45, 7) is 4.36. The Labute approximate surface area is 177 Å². The van der Waals surface area contributed by atoms with E-state index >= 15 is 0 Å². The van der Waals surface area contributed by atoms with Crippen molar-refractivity contribution in [2.24, 2.45) is 0 Å². The van der Waals surface area contributed by atoms with Gasteiger partial charge in [-0.3, -0.25) is 9.78 Å². The molecule has 152 valence electrons. The molecule has 1 N–H and O–H groups in total. The number of nitrogens with one attached hydrogen (secondary N) is 1. The molecule has 0 bridgehead atoms. The smallest absolute Gasteiger partial charge is 0.277 e. The van der Waals surface area contributed by atoms with E-state index in [9.17, 15) is 4.79 Å². The lowest BCUT2D eigenvalue weighted by Crippen LogP contribution is -2.36. The number of anilines is 4. The first-order valence-electron chi connectivity index (χ1n) is 10.7. The number of hydrogen-bond donors (Lipinski definition) is 1. The third-order valence-electron chi connectivity index (χ3n) is 6.03. The van der Waals surface area contributed by atoms with Gasteiger partial charge in [0.05, 0.1) is 0 Å². The van der Waals surface area contributed by atoms with Crippen LogP contribution < -0.4 is 15.1 Å². The maximum atomic E-state index is 13.2. The van der Waals surface area contributed by atoms with E-state index in [0.717, 1.165) is 36.6 Å². The number of benzene rings is 2. The second-order valence-electron chi connectivity index (χ2n) is 8.15. The summed E-state index contributed by atoms with van der Waals surface area (Å²) in [6.07, 6.45) is 5.12. The molecule has 0 aliphatic carbocycles. The zero-order valence-corrected chi connectivity index (χ0v) is 17.2. The average molecular weight is 399 g/mol. The number of carbonyl (C=O) groups is 1. The first kappa shape index (κ1) is 18.7. The zero-order chi connectivity index (χ0) is 20.5. The molecule has 30 heavy (non-hydrogen) atoms. The third kappa shape index (κ3) is 3.52. The number of para-hydroxylation sites is 1. The summed E-state index contributed by atoms with van der Waals surface area (Å²) >= 11 is 0. The van der Waals surface area contributed by atoms with E-state index in [1.54, 1.807) is 6.20 Å². The summed E-state index contributed by atoms with van der Waals surface area (Å²) in [5.41, 5.74) is 5.80. The molecule has 5 heteroatoms. The topological polar surface area (TPSA) is 48.5 Å². The fourth-order valence-corrected chi connectivity index (χ4v) is 4.52. The van der Waals surface area contributed by atoms with E-state index < -0.39 is 0 Å². The number of aromatic nitrogens is 1. The van der Waals surface area contributed by atoms with Crippen LogP contribution in [0.1, 0.15) is 35.8 Å². The zero-order valence-electron chi connectivity index (χ0n) is 17.2. The molecule has 1 fully saturated rings. The van der Waals surface area contributed by atoms with E-state index in [1.165, 1.54) is 24.1 Å². The highest BCUT2D eigenvalue weighted by atomic mass is 16.2. The lowest BCUT2D eigenvalue weighted by atomic mass is 10.1. The normalized spacial score (nSPS) is 17.8. The van der Waals surface area contributed by atoms with Crippen LogP contribution in [0.3, 0.4) is 0 Å². The van der Waals surface area contributed by atoms with Gasteiger partial charge in [0, 0.05) is 48.1 Å². The van der Waals surface area contributed by atoms with Crippen molar-refractivity contribution in [2.75, 3.05) is 28.2 Å². The molecular weight excluding hydrogens is 372 g/mol. The molecule has 0 spiro atoms. The summed E-state index contributed by atoms with van der Waals surface area (Å²) in [5, 5.41) is 3.41. The highest BCUT2D eigenvalue weighted by Gasteiger charge is 2.31. The molecule has 1 amide bonds. The summed E-state index contributed by atoms with van der Waals surface area (Å²) < 4.78 is 0. The van der Waals surface area contributed by atoms with Crippen LogP contribution in [-0.4, -0.2) is 30.0 Å². The summed E-state index contributed by atoms with van der Waals surface area (Å²) in [6, 6.07) is 20.5. The van der Waals surface area contributed by atoms with Crippen molar-refractivity contribution < 1.29 is 4.79 Å². The Hall–Kier alpha value is -3.34. The number of carbonyl (C=O) groups excluding carboxylic acids is 1. The van der Waals surface area contributed by atoms with Gasteiger partial charge < -0.3 is 15.1 Å². The molecule has 5 rings (SSSR count). The van der Waals surface area contributed by atoms with Gasteiger partial charge in [0.2, 0.25) is 0 Å². The Balaban J connectivity index is 1.34. The molecule has 2 aliphatic heterocycles. The van der Waals surface area contributed by atoms with E-state index in [-0.39, 0.29) is 11.9 Å². The fraction of sp³-hybridized carbons (Fsp3) is 0.280. The number of amides is 1. The van der Waals surface area contributed by atoms with Crippen LogP contribution in [0.25, 0.3) is 0 Å². The van der Waals surface area contributed by atoms with Crippen LogP contribution in [0, 0.1) is 0 Å². The van der Waals surface area contributed by atoms with E-state index in [1.807, 2.05) is 35.2 Å². The molecule has 3 heterocycles. The Bertz CT molecular complexity index is 1060. The maximum Gasteiger partial charge on any atom is 0.277 e.